The highest BCUT2D eigenvalue weighted by atomic mass is 16.5. The SMILES string of the molecule is CCOc1ccc(-c2nc(-c3cccc(NC(=O)C4CCC4)c3)no2)cc1OCC. The Balaban J connectivity index is 1.54. The molecule has 30 heavy (non-hydrogen) atoms. The quantitative estimate of drug-likeness (QED) is 0.569. The van der Waals surface area contributed by atoms with E-state index in [4.69, 9.17) is 14.0 Å². The van der Waals surface area contributed by atoms with Crippen LogP contribution >= 0.6 is 0 Å². The van der Waals surface area contributed by atoms with E-state index < -0.39 is 0 Å². The van der Waals surface area contributed by atoms with Crippen LogP contribution in [0.25, 0.3) is 22.8 Å². The van der Waals surface area contributed by atoms with Crippen molar-refractivity contribution in [3.8, 4) is 34.3 Å². The molecule has 1 aromatic heterocycles. The number of carbonyl (C=O) groups is 1. The number of ether oxygens (including phenoxy) is 2. The smallest absolute Gasteiger partial charge is 0.258 e. The number of nitrogens with one attached hydrogen (secondary N) is 1. The fourth-order valence-corrected chi connectivity index (χ4v) is 3.29. The van der Waals surface area contributed by atoms with E-state index in [-0.39, 0.29) is 11.8 Å². The van der Waals surface area contributed by atoms with E-state index in [0.717, 1.165) is 36.1 Å². The summed E-state index contributed by atoms with van der Waals surface area (Å²) in [5.41, 5.74) is 2.25. The topological polar surface area (TPSA) is 86.5 Å². The van der Waals surface area contributed by atoms with E-state index in [1.54, 1.807) is 0 Å². The number of anilines is 1. The molecule has 1 aliphatic rings. The Labute approximate surface area is 175 Å². The van der Waals surface area contributed by atoms with E-state index >= 15 is 0 Å². The number of rotatable bonds is 8. The first kappa shape index (κ1) is 19.9. The molecule has 3 aromatic rings. The van der Waals surface area contributed by atoms with E-state index in [1.807, 2.05) is 56.3 Å². The maximum absolute atomic E-state index is 12.2. The third-order valence-corrected chi connectivity index (χ3v) is 5.08. The summed E-state index contributed by atoms with van der Waals surface area (Å²) in [6.07, 6.45) is 3.05. The van der Waals surface area contributed by atoms with Gasteiger partial charge in [0.1, 0.15) is 0 Å². The van der Waals surface area contributed by atoms with Crippen molar-refractivity contribution in [2.24, 2.45) is 5.92 Å². The molecule has 1 amide bonds. The van der Waals surface area contributed by atoms with Gasteiger partial charge in [0.15, 0.2) is 11.5 Å². The summed E-state index contributed by atoms with van der Waals surface area (Å²) in [4.78, 5) is 16.7. The highest BCUT2D eigenvalue weighted by molar-refractivity contribution is 5.93. The van der Waals surface area contributed by atoms with Gasteiger partial charge in [0.05, 0.1) is 13.2 Å². The molecule has 1 fully saturated rings. The maximum atomic E-state index is 12.2. The van der Waals surface area contributed by atoms with Crippen LogP contribution in [0.15, 0.2) is 47.0 Å². The van der Waals surface area contributed by atoms with E-state index in [9.17, 15) is 4.79 Å². The predicted molar refractivity (Wildman–Crippen MR) is 113 cm³/mol. The number of aromatic nitrogens is 2. The highest BCUT2D eigenvalue weighted by Crippen LogP contribution is 2.33. The number of hydrogen-bond acceptors (Lipinski definition) is 6. The molecule has 1 heterocycles. The molecule has 7 heteroatoms. The summed E-state index contributed by atoms with van der Waals surface area (Å²) >= 11 is 0. The van der Waals surface area contributed by atoms with Crippen LogP contribution in [0.3, 0.4) is 0 Å². The molecule has 1 aliphatic carbocycles. The minimum absolute atomic E-state index is 0.0741. The van der Waals surface area contributed by atoms with Crippen molar-refractivity contribution in [1.82, 2.24) is 10.1 Å². The zero-order chi connectivity index (χ0) is 20.9. The molecule has 0 atom stereocenters. The van der Waals surface area contributed by atoms with E-state index in [2.05, 4.69) is 15.5 Å². The highest BCUT2D eigenvalue weighted by Gasteiger charge is 2.25. The van der Waals surface area contributed by atoms with Crippen molar-refractivity contribution in [3.63, 3.8) is 0 Å². The third-order valence-electron chi connectivity index (χ3n) is 5.08. The number of amides is 1. The summed E-state index contributed by atoms with van der Waals surface area (Å²) in [6, 6.07) is 13.0. The molecule has 4 rings (SSSR count). The first-order valence-electron chi connectivity index (χ1n) is 10.3. The lowest BCUT2D eigenvalue weighted by Gasteiger charge is -2.24. The van der Waals surface area contributed by atoms with Gasteiger partial charge >= 0.3 is 0 Å². The summed E-state index contributed by atoms with van der Waals surface area (Å²) in [5, 5.41) is 7.09. The Morgan fingerprint density at radius 3 is 2.60 bits per heavy atom. The van der Waals surface area contributed by atoms with Crippen molar-refractivity contribution in [2.75, 3.05) is 18.5 Å². The second-order valence-electron chi connectivity index (χ2n) is 7.15. The number of hydrogen-bond donors (Lipinski definition) is 1. The van der Waals surface area contributed by atoms with Crippen molar-refractivity contribution in [2.45, 2.75) is 33.1 Å². The number of nitrogens with zero attached hydrogens (tertiary/aromatic N) is 2. The van der Waals surface area contributed by atoms with Gasteiger partial charge in [0.25, 0.3) is 5.89 Å². The Morgan fingerprint density at radius 2 is 1.87 bits per heavy atom. The Hall–Kier alpha value is -3.35. The summed E-state index contributed by atoms with van der Waals surface area (Å²) in [5.74, 6) is 2.36. The van der Waals surface area contributed by atoms with Gasteiger partial charge in [-0.05, 0) is 57.0 Å². The van der Waals surface area contributed by atoms with E-state index in [0.29, 0.717) is 36.4 Å². The summed E-state index contributed by atoms with van der Waals surface area (Å²) < 4.78 is 16.8. The maximum Gasteiger partial charge on any atom is 0.258 e. The minimum Gasteiger partial charge on any atom is -0.490 e. The molecular formula is C23H25N3O4. The summed E-state index contributed by atoms with van der Waals surface area (Å²) in [7, 11) is 0. The van der Waals surface area contributed by atoms with Gasteiger partial charge in [0.2, 0.25) is 11.7 Å². The fourth-order valence-electron chi connectivity index (χ4n) is 3.29. The van der Waals surface area contributed by atoms with Crippen LogP contribution in [0.2, 0.25) is 0 Å². The first-order chi connectivity index (χ1) is 14.7. The minimum atomic E-state index is 0.0741. The molecule has 1 N–H and O–H groups in total. The molecule has 2 aromatic carbocycles. The molecule has 0 unspecified atom stereocenters. The van der Waals surface area contributed by atoms with Crippen LogP contribution in [-0.4, -0.2) is 29.3 Å². The van der Waals surface area contributed by atoms with Gasteiger partial charge in [-0.25, -0.2) is 0 Å². The molecular weight excluding hydrogens is 382 g/mol. The standard InChI is InChI=1S/C23H25N3O4/c1-3-28-19-12-11-17(14-20(19)29-4-2)23-25-21(26-30-23)16-9-6-10-18(13-16)24-22(27)15-7-5-8-15/h6,9-15H,3-5,7-8H2,1-2H3,(H,24,27). The van der Waals surface area contributed by atoms with Crippen molar-refractivity contribution >= 4 is 11.6 Å². The van der Waals surface area contributed by atoms with Crippen molar-refractivity contribution < 1.29 is 18.8 Å². The van der Waals surface area contributed by atoms with Crippen LogP contribution in [0.4, 0.5) is 5.69 Å². The molecule has 0 spiro atoms. The third kappa shape index (κ3) is 4.30. The van der Waals surface area contributed by atoms with Crippen molar-refractivity contribution in [3.05, 3.63) is 42.5 Å². The van der Waals surface area contributed by atoms with Crippen LogP contribution in [-0.2, 0) is 4.79 Å². The molecule has 156 valence electrons. The molecule has 7 nitrogen and oxygen atoms in total. The van der Waals surface area contributed by atoms with Gasteiger partial charge in [-0.3, -0.25) is 4.79 Å². The molecule has 0 radical (unpaired) electrons. The Kier molecular flexibility index (Phi) is 5.97. The second kappa shape index (κ2) is 8.98. The van der Waals surface area contributed by atoms with Crippen molar-refractivity contribution in [1.29, 1.82) is 0 Å². The molecule has 0 bridgehead atoms. The van der Waals surface area contributed by atoms with Gasteiger partial charge in [-0.2, -0.15) is 4.98 Å². The van der Waals surface area contributed by atoms with Gasteiger partial charge < -0.3 is 19.3 Å². The zero-order valence-corrected chi connectivity index (χ0v) is 17.2. The van der Waals surface area contributed by atoms with Gasteiger partial charge in [-0.1, -0.05) is 23.7 Å². The second-order valence-corrected chi connectivity index (χ2v) is 7.15. The Bertz CT molecular complexity index is 1030. The van der Waals surface area contributed by atoms with E-state index in [1.165, 1.54) is 0 Å². The monoisotopic (exact) mass is 407 g/mol. The van der Waals surface area contributed by atoms with Crippen LogP contribution < -0.4 is 14.8 Å². The molecule has 1 saturated carbocycles. The van der Waals surface area contributed by atoms with Crippen LogP contribution in [0.1, 0.15) is 33.1 Å². The number of carbonyl (C=O) groups excluding carboxylic acids is 1. The largest absolute Gasteiger partial charge is 0.490 e. The van der Waals surface area contributed by atoms with Gasteiger partial charge in [0, 0.05) is 22.7 Å². The lowest BCUT2D eigenvalue weighted by atomic mass is 9.85. The first-order valence-corrected chi connectivity index (χ1v) is 10.3. The number of benzene rings is 2. The molecule has 0 saturated heterocycles. The zero-order valence-electron chi connectivity index (χ0n) is 17.2. The van der Waals surface area contributed by atoms with Crippen LogP contribution in [0, 0.1) is 5.92 Å². The lowest BCUT2D eigenvalue weighted by molar-refractivity contribution is -0.122. The molecule has 0 aliphatic heterocycles. The Morgan fingerprint density at radius 1 is 1.07 bits per heavy atom. The van der Waals surface area contributed by atoms with Gasteiger partial charge in [-0.15, -0.1) is 0 Å². The normalized spacial score (nSPS) is 13.5. The fraction of sp³-hybridized carbons (Fsp3) is 0.348. The average Bonchev–Trinajstić information content (AvgIpc) is 3.19. The predicted octanol–water partition coefficient (Wildman–Crippen LogP) is 4.94. The van der Waals surface area contributed by atoms with Crippen LogP contribution in [0.5, 0.6) is 11.5 Å². The lowest BCUT2D eigenvalue weighted by Crippen LogP contribution is -2.27. The average molecular weight is 407 g/mol. The summed E-state index contributed by atoms with van der Waals surface area (Å²) in [6.45, 7) is 4.93.